The SMILES string of the molecule is Cc1ccnc(SCC(O)CNC(C)C)n1. The lowest BCUT2D eigenvalue weighted by Crippen LogP contribution is -2.33. The van der Waals surface area contributed by atoms with Crippen LogP contribution in [0.15, 0.2) is 17.4 Å². The Morgan fingerprint density at radius 1 is 1.50 bits per heavy atom. The first kappa shape index (κ1) is 13.4. The number of nitrogens with one attached hydrogen (secondary N) is 1. The fourth-order valence-electron chi connectivity index (χ4n) is 1.10. The average Bonchev–Trinajstić information content (AvgIpc) is 2.23. The molecule has 0 bridgehead atoms. The van der Waals surface area contributed by atoms with Crippen molar-refractivity contribution in [2.45, 2.75) is 38.1 Å². The van der Waals surface area contributed by atoms with Crippen LogP contribution in [0.1, 0.15) is 19.5 Å². The smallest absolute Gasteiger partial charge is 0.187 e. The van der Waals surface area contributed by atoms with E-state index in [2.05, 4.69) is 29.1 Å². The third-order valence-electron chi connectivity index (χ3n) is 1.94. The molecule has 90 valence electrons. The standard InChI is InChI=1S/C11H19N3OS/c1-8(2)13-6-10(15)7-16-11-12-5-4-9(3)14-11/h4-5,8,10,13,15H,6-7H2,1-3H3. The lowest BCUT2D eigenvalue weighted by molar-refractivity contribution is 0.192. The molecule has 0 spiro atoms. The highest BCUT2D eigenvalue weighted by Crippen LogP contribution is 2.13. The molecule has 5 heteroatoms. The van der Waals surface area contributed by atoms with E-state index in [9.17, 15) is 5.11 Å². The number of aliphatic hydroxyl groups is 1. The van der Waals surface area contributed by atoms with Crippen molar-refractivity contribution in [3.8, 4) is 0 Å². The van der Waals surface area contributed by atoms with Crippen molar-refractivity contribution in [1.82, 2.24) is 15.3 Å². The first-order valence-electron chi connectivity index (χ1n) is 5.42. The molecule has 0 fully saturated rings. The van der Waals surface area contributed by atoms with Gasteiger partial charge in [0.25, 0.3) is 0 Å². The molecule has 1 atom stereocenters. The topological polar surface area (TPSA) is 58.0 Å². The van der Waals surface area contributed by atoms with Crippen LogP contribution in [-0.2, 0) is 0 Å². The van der Waals surface area contributed by atoms with Gasteiger partial charge < -0.3 is 10.4 Å². The number of nitrogens with zero attached hydrogens (tertiary/aromatic N) is 2. The molecule has 0 aromatic carbocycles. The van der Waals surface area contributed by atoms with E-state index in [1.807, 2.05) is 13.0 Å². The molecule has 1 aromatic rings. The summed E-state index contributed by atoms with van der Waals surface area (Å²) in [6, 6.07) is 2.26. The number of hydrogen-bond donors (Lipinski definition) is 2. The molecular formula is C11H19N3OS. The second-order valence-corrected chi connectivity index (χ2v) is 5.00. The van der Waals surface area contributed by atoms with Crippen LogP contribution in [0.2, 0.25) is 0 Å². The lowest BCUT2D eigenvalue weighted by atomic mass is 10.3. The Bertz CT molecular complexity index is 320. The molecule has 0 amide bonds. The van der Waals surface area contributed by atoms with E-state index in [4.69, 9.17) is 0 Å². The van der Waals surface area contributed by atoms with Crippen molar-refractivity contribution < 1.29 is 5.11 Å². The summed E-state index contributed by atoms with van der Waals surface area (Å²) in [6.07, 6.45) is 1.38. The monoisotopic (exact) mass is 241 g/mol. The fraction of sp³-hybridized carbons (Fsp3) is 0.636. The maximum atomic E-state index is 9.69. The normalized spacial score (nSPS) is 13.1. The second kappa shape index (κ2) is 6.83. The molecule has 0 radical (unpaired) electrons. The van der Waals surface area contributed by atoms with E-state index in [-0.39, 0.29) is 6.10 Å². The molecule has 0 aliphatic rings. The molecule has 4 nitrogen and oxygen atoms in total. The fourth-order valence-corrected chi connectivity index (χ4v) is 1.90. The summed E-state index contributed by atoms with van der Waals surface area (Å²) in [5.74, 6) is 0.614. The van der Waals surface area contributed by atoms with Gasteiger partial charge in [-0.15, -0.1) is 0 Å². The molecule has 0 saturated heterocycles. The van der Waals surface area contributed by atoms with E-state index in [0.717, 1.165) is 10.9 Å². The van der Waals surface area contributed by atoms with E-state index in [1.165, 1.54) is 11.8 Å². The van der Waals surface area contributed by atoms with Crippen LogP contribution in [0.5, 0.6) is 0 Å². The number of aliphatic hydroxyl groups excluding tert-OH is 1. The predicted octanol–water partition coefficient (Wildman–Crippen LogP) is 1.24. The summed E-state index contributed by atoms with van der Waals surface area (Å²) in [5, 5.41) is 13.6. The second-order valence-electron chi connectivity index (χ2n) is 4.01. The first-order chi connectivity index (χ1) is 7.58. The zero-order chi connectivity index (χ0) is 12.0. The zero-order valence-electron chi connectivity index (χ0n) is 9.97. The van der Waals surface area contributed by atoms with Crippen LogP contribution in [-0.4, -0.2) is 39.5 Å². The average molecular weight is 241 g/mol. The van der Waals surface area contributed by atoms with Gasteiger partial charge in [0.2, 0.25) is 0 Å². The maximum absolute atomic E-state index is 9.69. The Labute approximate surface area is 101 Å². The Hall–Kier alpha value is -0.650. The van der Waals surface area contributed by atoms with Crippen LogP contribution in [0.3, 0.4) is 0 Å². The van der Waals surface area contributed by atoms with Gasteiger partial charge in [-0.1, -0.05) is 25.6 Å². The molecule has 1 rings (SSSR count). The van der Waals surface area contributed by atoms with Gasteiger partial charge in [-0.3, -0.25) is 0 Å². The first-order valence-corrected chi connectivity index (χ1v) is 6.40. The van der Waals surface area contributed by atoms with Crippen LogP contribution in [0.25, 0.3) is 0 Å². The van der Waals surface area contributed by atoms with Crippen LogP contribution < -0.4 is 5.32 Å². The van der Waals surface area contributed by atoms with Crippen LogP contribution in [0.4, 0.5) is 0 Å². The van der Waals surface area contributed by atoms with Gasteiger partial charge in [-0.2, -0.15) is 0 Å². The highest BCUT2D eigenvalue weighted by Gasteiger charge is 2.07. The summed E-state index contributed by atoms with van der Waals surface area (Å²) in [4.78, 5) is 8.39. The Morgan fingerprint density at radius 2 is 2.25 bits per heavy atom. The van der Waals surface area contributed by atoms with Gasteiger partial charge in [-0.25, -0.2) is 9.97 Å². The van der Waals surface area contributed by atoms with Crippen molar-refractivity contribution in [2.75, 3.05) is 12.3 Å². The number of hydrogen-bond acceptors (Lipinski definition) is 5. The summed E-state index contributed by atoms with van der Waals surface area (Å²) in [7, 11) is 0. The third kappa shape index (κ3) is 5.44. The predicted molar refractivity (Wildman–Crippen MR) is 66.6 cm³/mol. The summed E-state index contributed by atoms with van der Waals surface area (Å²) >= 11 is 1.48. The van der Waals surface area contributed by atoms with Crippen molar-refractivity contribution in [3.05, 3.63) is 18.0 Å². The molecular weight excluding hydrogens is 222 g/mol. The van der Waals surface area contributed by atoms with Gasteiger partial charge in [0.05, 0.1) is 6.10 Å². The quantitative estimate of drug-likeness (QED) is 0.579. The van der Waals surface area contributed by atoms with Crippen molar-refractivity contribution in [2.24, 2.45) is 0 Å². The van der Waals surface area contributed by atoms with Gasteiger partial charge in [-0.05, 0) is 13.0 Å². The third-order valence-corrected chi connectivity index (χ3v) is 2.95. The van der Waals surface area contributed by atoms with Gasteiger partial charge in [0.1, 0.15) is 0 Å². The highest BCUT2D eigenvalue weighted by molar-refractivity contribution is 7.99. The maximum Gasteiger partial charge on any atom is 0.187 e. The van der Waals surface area contributed by atoms with E-state index in [1.54, 1.807) is 6.20 Å². The molecule has 1 aromatic heterocycles. The molecule has 0 aliphatic carbocycles. The molecule has 2 N–H and O–H groups in total. The van der Waals surface area contributed by atoms with E-state index < -0.39 is 0 Å². The van der Waals surface area contributed by atoms with Crippen molar-refractivity contribution >= 4 is 11.8 Å². The Balaban J connectivity index is 2.28. The van der Waals surface area contributed by atoms with E-state index >= 15 is 0 Å². The number of rotatable bonds is 6. The number of thioether (sulfide) groups is 1. The molecule has 0 aliphatic heterocycles. The molecule has 16 heavy (non-hydrogen) atoms. The molecule has 1 heterocycles. The van der Waals surface area contributed by atoms with Gasteiger partial charge in [0, 0.05) is 30.2 Å². The molecule has 0 saturated carbocycles. The summed E-state index contributed by atoms with van der Waals surface area (Å²) in [6.45, 7) is 6.66. The van der Waals surface area contributed by atoms with Crippen LogP contribution in [0, 0.1) is 6.92 Å². The Kier molecular flexibility index (Phi) is 5.73. The zero-order valence-corrected chi connectivity index (χ0v) is 10.8. The largest absolute Gasteiger partial charge is 0.391 e. The van der Waals surface area contributed by atoms with Gasteiger partial charge in [0.15, 0.2) is 5.16 Å². The van der Waals surface area contributed by atoms with Crippen molar-refractivity contribution in [1.29, 1.82) is 0 Å². The summed E-state index contributed by atoms with van der Waals surface area (Å²) in [5.41, 5.74) is 0.951. The Morgan fingerprint density at radius 3 is 2.88 bits per heavy atom. The number of aryl methyl sites for hydroxylation is 1. The lowest BCUT2D eigenvalue weighted by Gasteiger charge is -2.13. The van der Waals surface area contributed by atoms with Gasteiger partial charge >= 0.3 is 0 Å². The minimum absolute atomic E-state index is 0.364. The highest BCUT2D eigenvalue weighted by atomic mass is 32.2. The summed E-state index contributed by atoms with van der Waals surface area (Å²) < 4.78 is 0. The minimum Gasteiger partial charge on any atom is -0.391 e. The van der Waals surface area contributed by atoms with Crippen molar-refractivity contribution in [3.63, 3.8) is 0 Å². The minimum atomic E-state index is -0.364. The number of aromatic nitrogens is 2. The van der Waals surface area contributed by atoms with Crippen LogP contribution >= 0.6 is 11.8 Å². The molecule has 1 unspecified atom stereocenters. The van der Waals surface area contributed by atoms with E-state index in [0.29, 0.717) is 18.3 Å².